The van der Waals surface area contributed by atoms with E-state index in [0.29, 0.717) is 22.5 Å². The molecule has 3 aromatic rings. The number of hydrogen-bond acceptors (Lipinski definition) is 6. The van der Waals surface area contributed by atoms with E-state index in [0.717, 1.165) is 17.1 Å². The van der Waals surface area contributed by atoms with Crippen LogP contribution in [0.2, 0.25) is 5.02 Å². The highest BCUT2D eigenvalue weighted by Gasteiger charge is 2.06. The topological polar surface area (TPSA) is 68.3 Å². The molecule has 2 aromatic carbocycles. The van der Waals surface area contributed by atoms with Crippen molar-refractivity contribution in [2.24, 2.45) is 0 Å². The van der Waals surface area contributed by atoms with Gasteiger partial charge in [0.15, 0.2) is 0 Å². The van der Waals surface area contributed by atoms with Crippen LogP contribution in [-0.2, 0) is 0 Å². The van der Waals surface area contributed by atoms with E-state index in [1.807, 2.05) is 30.3 Å². The molecule has 0 aliphatic heterocycles. The third-order valence-corrected chi connectivity index (χ3v) is 3.73. The zero-order valence-electron chi connectivity index (χ0n) is 13.8. The molecule has 0 aliphatic carbocycles. The van der Waals surface area contributed by atoms with E-state index < -0.39 is 0 Å². The highest BCUT2D eigenvalue weighted by Crippen LogP contribution is 2.29. The monoisotopic (exact) mass is 356 g/mol. The molecule has 0 atom stereocenters. The van der Waals surface area contributed by atoms with Gasteiger partial charge in [0.1, 0.15) is 17.3 Å². The number of halogens is 1. The molecule has 128 valence electrons. The van der Waals surface area contributed by atoms with Gasteiger partial charge >= 0.3 is 0 Å². The smallest absolute Gasteiger partial charge is 0.229 e. The van der Waals surface area contributed by atoms with Crippen molar-refractivity contribution in [1.29, 1.82) is 0 Å². The SMILES string of the molecule is COc1ccc(Nc2nccc(Nc3ccccc3OC)n2)cc1Cl. The Hall–Kier alpha value is -2.99. The molecule has 0 amide bonds. The van der Waals surface area contributed by atoms with Crippen LogP contribution in [-0.4, -0.2) is 24.2 Å². The summed E-state index contributed by atoms with van der Waals surface area (Å²) in [5.74, 6) is 2.43. The van der Waals surface area contributed by atoms with E-state index in [1.54, 1.807) is 38.6 Å². The zero-order valence-corrected chi connectivity index (χ0v) is 14.5. The Morgan fingerprint density at radius 2 is 1.72 bits per heavy atom. The maximum atomic E-state index is 6.14. The zero-order chi connectivity index (χ0) is 17.6. The molecule has 0 aliphatic rings. The fourth-order valence-corrected chi connectivity index (χ4v) is 2.51. The fraction of sp³-hybridized carbons (Fsp3) is 0.111. The maximum Gasteiger partial charge on any atom is 0.229 e. The summed E-state index contributed by atoms with van der Waals surface area (Å²) in [5, 5.41) is 6.84. The molecule has 0 radical (unpaired) electrons. The molecular formula is C18H17ClN4O2. The number of methoxy groups -OCH3 is 2. The highest BCUT2D eigenvalue weighted by atomic mass is 35.5. The van der Waals surface area contributed by atoms with Crippen LogP contribution in [0.1, 0.15) is 0 Å². The van der Waals surface area contributed by atoms with Crippen molar-refractivity contribution >= 4 is 34.7 Å². The van der Waals surface area contributed by atoms with Crippen LogP contribution in [0.4, 0.5) is 23.1 Å². The van der Waals surface area contributed by atoms with Crippen molar-refractivity contribution in [3.8, 4) is 11.5 Å². The molecule has 25 heavy (non-hydrogen) atoms. The van der Waals surface area contributed by atoms with Crippen LogP contribution in [0.5, 0.6) is 11.5 Å². The van der Waals surface area contributed by atoms with Crippen LogP contribution in [0.25, 0.3) is 0 Å². The van der Waals surface area contributed by atoms with Gasteiger partial charge in [0.05, 0.1) is 24.9 Å². The van der Waals surface area contributed by atoms with Crippen molar-refractivity contribution < 1.29 is 9.47 Å². The molecule has 1 aromatic heterocycles. The number of aromatic nitrogens is 2. The molecule has 0 saturated carbocycles. The average Bonchev–Trinajstić information content (AvgIpc) is 2.63. The standard InChI is InChI=1S/C18H17ClN4O2/c1-24-15-8-7-12(11-13(15)19)21-18-20-10-9-17(23-18)22-14-5-3-4-6-16(14)25-2/h3-11H,1-2H3,(H2,20,21,22,23). The van der Waals surface area contributed by atoms with Crippen molar-refractivity contribution in [3.63, 3.8) is 0 Å². The van der Waals surface area contributed by atoms with Crippen LogP contribution < -0.4 is 20.1 Å². The first-order valence-corrected chi connectivity index (χ1v) is 7.91. The van der Waals surface area contributed by atoms with Gasteiger partial charge in [0.2, 0.25) is 5.95 Å². The summed E-state index contributed by atoms with van der Waals surface area (Å²) in [6.45, 7) is 0. The molecule has 1 heterocycles. The minimum atomic E-state index is 0.445. The van der Waals surface area contributed by atoms with Gasteiger partial charge < -0.3 is 20.1 Å². The molecule has 7 heteroatoms. The number of nitrogens with zero attached hydrogens (tertiary/aromatic N) is 2. The molecule has 2 N–H and O–H groups in total. The Labute approximate surface area is 150 Å². The Morgan fingerprint density at radius 1 is 0.920 bits per heavy atom. The Bertz CT molecular complexity index is 873. The summed E-state index contributed by atoms with van der Waals surface area (Å²) in [5.41, 5.74) is 1.59. The minimum Gasteiger partial charge on any atom is -0.495 e. The van der Waals surface area contributed by atoms with Crippen LogP contribution in [0, 0.1) is 0 Å². The first-order chi connectivity index (χ1) is 12.2. The number of benzene rings is 2. The molecule has 3 rings (SSSR count). The van der Waals surface area contributed by atoms with E-state index in [9.17, 15) is 0 Å². The van der Waals surface area contributed by atoms with Gasteiger partial charge in [0.25, 0.3) is 0 Å². The van der Waals surface area contributed by atoms with Crippen LogP contribution in [0.15, 0.2) is 54.7 Å². The number of anilines is 4. The average molecular weight is 357 g/mol. The first kappa shape index (κ1) is 16.9. The van der Waals surface area contributed by atoms with E-state index >= 15 is 0 Å². The first-order valence-electron chi connectivity index (χ1n) is 7.53. The van der Waals surface area contributed by atoms with Crippen LogP contribution in [0.3, 0.4) is 0 Å². The van der Waals surface area contributed by atoms with Crippen molar-refractivity contribution in [3.05, 3.63) is 59.8 Å². The third kappa shape index (κ3) is 4.10. The third-order valence-electron chi connectivity index (χ3n) is 3.43. The fourth-order valence-electron chi connectivity index (χ4n) is 2.25. The summed E-state index contributed by atoms with van der Waals surface area (Å²) in [6, 6.07) is 14.8. The largest absolute Gasteiger partial charge is 0.495 e. The lowest BCUT2D eigenvalue weighted by molar-refractivity contribution is 0.415. The normalized spacial score (nSPS) is 10.2. The summed E-state index contributed by atoms with van der Waals surface area (Å²) < 4.78 is 10.5. The quantitative estimate of drug-likeness (QED) is 0.671. The van der Waals surface area contributed by atoms with E-state index in [2.05, 4.69) is 20.6 Å². The second-order valence-corrected chi connectivity index (χ2v) is 5.47. The molecular weight excluding hydrogens is 340 g/mol. The second-order valence-electron chi connectivity index (χ2n) is 5.07. The lowest BCUT2D eigenvalue weighted by atomic mass is 10.3. The molecule has 0 saturated heterocycles. The summed E-state index contributed by atoms with van der Waals surface area (Å²) in [4.78, 5) is 8.67. The number of rotatable bonds is 6. The predicted molar refractivity (Wildman–Crippen MR) is 99.6 cm³/mol. The molecule has 0 spiro atoms. The molecule has 0 fully saturated rings. The molecule has 6 nitrogen and oxygen atoms in total. The van der Waals surface area contributed by atoms with Crippen molar-refractivity contribution in [2.45, 2.75) is 0 Å². The number of nitrogens with one attached hydrogen (secondary N) is 2. The maximum absolute atomic E-state index is 6.14. The Morgan fingerprint density at radius 3 is 2.48 bits per heavy atom. The summed E-state index contributed by atoms with van der Waals surface area (Å²) >= 11 is 6.14. The van der Waals surface area contributed by atoms with E-state index in [1.165, 1.54) is 0 Å². The second kappa shape index (κ2) is 7.72. The van der Waals surface area contributed by atoms with E-state index in [4.69, 9.17) is 21.1 Å². The summed E-state index contributed by atoms with van der Waals surface area (Å²) in [7, 11) is 3.20. The van der Waals surface area contributed by atoms with Gasteiger partial charge in [-0.05, 0) is 36.4 Å². The molecule has 0 bridgehead atoms. The summed E-state index contributed by atoms with van der Waals surface area (Å²) in [6.07, 6.45) is 1.66. The Kier molecular flexibility index (Phi) is 5.20. The van der Waals surface area contributed by atoms with Gasteiger partial charge in [-0.25, -0.2) is 4.98 Å². The van der Waals surface area contributed by atoms with Gasteiger partial charge in [0, 0.05) is 11.9 Å². The lowest BCUT2D eigenvalue weighted by Crippen LogP contribution is -2.01. The Balaban J connectivity index is 1.78. The molecule has 0 unspecified atom stereocenters. The van der Waals surface area contributed by atoms with Crippen molar-refractivity contribution in [1.82, 2.24) is 9.97 Å². The number of hydrogen-bond donors (Lipinski definition) is 2. The van der Waals surface area contributed by atoms with E-state index in [-0.39, 0.29) is 0 Å². The number of para-hydroxylation sites is 2. The lowest BCUT2D eigenvalue weighted by Gasteiger charge is -2.11. The van der Waals surface area contributed by atoms with Crippen molar-refractivity contribution in [2.75, 3.05) is 24.9 Å². The highest BCUT2D eigenvalue weighted by molar-refractivity contribution is 6.32. The minimum absolute atomic E-state index is 0.445. The number of ether oxygens (including phenoxy) is 2. The van der Waals surface area contributed by atoms with Gasteiger partial charge in [-0.2, -0.15) is 4.98 Å². The van der Waals surface area contributed by atoms with Gasteiger partial charge in [-0.1, -0.05) is 23.7 Å². The van der Waals surface area contributed by atoms with Gasteiger partial charge in [-0.3, -0.25) is 0 Å². The van der Waals surface area contributed by atoms with Crippen LogP contribution >= 0.6 is 11.6 Å². The van der Waals surface area contributed by atoms with Gasteiger partial charge in [-0.15, -0.1) is 0 Å². The predicted octanol–water partition coefficient (Wildman–Crippen LogP) is 4.63.